The van der Waals surface area contributed by atoms with Crippen LogP contribution in [0.2, 0.25) is 0 Å². The molecule has 2 bridgehead atoms. The second kappa shape index (κ2) is 8.05. The molecule has 5 heteroatoms. The zero-order valence-electron chi connectivity index (χ0n) is 17.6. The molecule has 2 aliphatic heterocycles. The van der Waals surface area contributed by atoms with Crippen LogP contribution in [0.4, 0.5) is 0 Å². The minimum atomic E-state index is 0.0610. The molecule has 2 unspecified atom stereocenters. The van der Waals surface area contributed by atoms with Crippen LogP contribution in [0.1, 0.15) is 29.2 Å². The number of benzene rings is 2. The Hall–Kier alpha value is -3.36. The molecule has 0 amide bonds. The minimum Gasteiger partial charge on any atom is -0.497 e. The van der Waals surface area contributed by atoms with E-state index in [-0.39, 0.29) is 5.56 Å². The third-order valence-corrected chi connectivity index (χ3v) is 6.55. The Morgan fingerprint density at radius 2 is 1.90 bits per heavy atom. The second-order valence-corrected chi connectivity index (χ2v) is 8.62. The predicted molar refractivity (Wildman–Crippen MR) is 120 cm³/mol. The number of pyridine rings is 1. The molecule has 5 nitrogen and oxygen atoms in total. The Kier molecular flexibility index (Phi) is 5.09. The van der Waals surface area contributed by atoms with Crippen molar-refractivity contribution < 1.29 is 4.74 Å². The van der Waals surface area contributed by atoms with E-state index in [0.717, 1.165) is 49.6 Å². The van der Waals surface area contributed by atoms with Crippen molar-refractivity contribution in [1.29, 1.82) is 5.26 Å². The number of nitriles is 1. The molecule has 1 fully saturated rings. The van der Waals surface area contributed by atoms with Gasteiger partial charge in [-0.1, -0.05) is 24.3 Å². The van der Waals surface area contributed by atoms with Crippen molar-refractivity contribution in [1.82, 2.24) is 9.47 Å². The first-order valence-corrected chi connectivity index (χ1v) is 10.7. The SMILES string of the molecule is COc1ccc(CN2CC3CC(C2)c2ccc(-c4cccc(C#N)c4)c(=O)n2C3)cc1. The lowest BCUT2D eigenvalue weighted by atomic mass is 9.82. The van der Waals surface area contributed by atoms with Crippen molar-refractivity contribution in [2.24, 2.45) is 5.92 Å². The van der Waals surface area contributed by atoms with Gasteiger partial charge in [0.2, 0.25) is 0 Å². The topological polar surface area (TPSA) is 58.3 Å². The fourth-order valence-electron chi connectivity index (χ4n) is 5.14. The van der Waals surface area contributed by atoms with Crippen LogP contribution in [0, 0.1) is 17.2 Å². The third-order valence-electron chi connectivity index (χ3n) is 6.55. The molecule has 5 rings (SSSR count). The van der Waals surface area contributed by atoms with Gasteiger partial charge >= 0.3 is 0 Å². The molecule has 31 heavy (non-hydrogen) atoms. The summed E-state index contributed by atoms with van der Waals surface area (Å²) < 4.78 is 7.25. The van der Waals surface area contributed by atoms with Crippen LogP contribution < -0.4 is 10.3 Å². The molecule has 2 aliphatic rings. The van der Waals surface area contributed by atoms with Gasteiger partial charge in [-0.15, -0.1) is 0 Å². The highest BCUT2D eigenvalue weighted by atomic mass is 16.5. The molecular weight excluding hydrogens is 386 g/mol. The molecule has 2 atom stereocenters. The molecule has 0 radical (unpaired) electrons. The van der Waals surface area contributed by atoms with Gasteiger partial charge < -0.3 is 9.30 Å². The number of methoxy groups -OCH3 is 1. The van der Waals surface area contributed by atoms with E-state index >= 15 is 0 Å². The molecule has 156 valence electrons. The standard InChI is InChI=1S/C26H25N3O2/c1-31-23-7-5-18(6-8-23)14-28-15-20-12-22(17-28)25-10-9-24(26(30)29(25)16-20)21-4-2-3-19(11-21)13-27/h2-11,20,22H,12,14-17H2,1H3. The molecule has 0 saturated carbocycles. The van der Waals surface area contributed by atoms with E-state index in [1.54, 1.807) is 19.2 Å². The molecule has 3 heterocycles. The number of hydrogen-bond donors (Lipinski definition) is 0. The normalized spacial score (nSPS) is 20.0. The maximum absolute atomic E-state index is 13.3. The average molecular weight is 412 g/mol. The summed E-state index contributed by atoms with van der Waals surface area (Å²) >= 11 is 0. The van der Waals surface area contributed by atoms with Gasteiger partial charge in [0.25, 0.3) is 5.56 Å². The van der Waals surface area contributed by atoms with Crippen LogP contribution in [0.25, 0.3) is 11.1 Å². The van der Waals surface area contributed by atoms with Gasteiger partial charge in [-0.25, -0.2) is 0 Å². The highest BCUT2D eigenvalue weighted by Gasteiger charge is 2.35. The number of fused-ring (bicyclic) bond motifs is 4. The molecular formula is C26H25N3O2. The van der Waals surface area contributed by atoms with E-state index < -0.39 is 0 Å². The van der Waals surface area contributed by atoms with Crippen LogP contribution in [0.3, 0.4) is 0 Å². The summed E-state index contributed by atoms with van der Waals surface area (Å²) in [6.45, 7) is 3.64. The molecule has 3 aromatic rings. The fourth-order valence-corrected chi connectivity index (χ4v) is 5.14. The summed E-state index contributed by atoms with van der Waals surface area (Å²) in [5.41, 5.74) is 4.55. The lowest BCUT2D eigenvalue weighted by Crippen LogP contribution is -2.46. The number of ether oxygens (including phenoxy) is 1. The lowest BCUT2D eigenvalue weighted by Gasteiger charge is -2.43. The van der Waals surface area contributed by atoms with Crippen molar-refractivity contribution in [2.45, 2.75) is 25.4 Å². The van der Waals surface area contributed by atoms with Gasteiger partial charge in [0.05, 0.1) is 18.7 Å². The van der Waals surface area contributed by atoms with E-state index in [1.807, 2.05) is 34.9 Å². The molecule has 0 spiro atoms. The number of likely N-dealkylation sites (tertiary alicyclic amines) is 1. The largest absolute Gasteiger partial charge is 0.497 e. The number of piperidine rings is 1. The summed E-state index contributed by atoms with van der Waals surface area (Å²) in [6, 6.07) is 21.8. The molecule has 1 aromatic heterocycles. The van der Waals surface area contributed by atoms with Gasteiger partial charge in [0.15, 0.2) is 0 Å². The molecule has 2 aromatic carbocycles. The Morgan fingerprint density at radius 1 is 1.06 bits per heavy atom. The minimum absolute atomic E-state index is 0.0610. The van der Waals surface area contributed by atoms with Crippen LogP contribution in [0.5, 0.6) is 5.75 Å². The highest BCUT2D eigenvalue weighted by molar-refractivity contribution is 5.64. The van der Waals surface area contributed by atoms with E-state index in [2.05, 4.69) is 29.2 Å². The summed E-state index contributed by atoms with van der Waals surface area (Å²) in [5.74, 6) is 1.73. The van der Waals surface area contributed by atoms with Crippen molar-refractivity contribution in [3.05, 3.63) is 87.8 Å². The zero-order chi connectivity index (χ0) is 21.4. The maximum atomic E-state index is 13.3. The van der Waals surface area contributed by atoms with Gasteiger partial charge in [-0.3, -0.25) is 9.69 Å². The van der Waals surface area contributed by atoms with Crippen LogP contribution >= 0.6 is 0 Å². The van der Waals surface area contributed by atoms with Gasteiger partial charge in [0, 0.05) is 43.4 Å². The molecule has 1 saturated heterocycles. The summed E-state index contributed by atoms with van der Waals surface area (Å²) in [5, 5.41) is 9.19. The van der Waals surface area contributed by atoms with E-state index in [9.17, 15) is 10.1 Å². The van der Waals surface area contributed by atoms with Gasteiger partial charge in [0.1, 0.15) is 5.75 Å². The van der Waals surface area contributed by atoms with Crippen molar-refractivity contribution in [3.63, 3.8) is 0 Å². The fraction of sp³-hybridized carbons (Fsp3) is 0.308. The van der Waals surface area contributed by atoms with Crippen molar-refractivity contribution >= 4 is 0 Å². The molecule has 0 N–H and O–H groups in total. The summed E-state index contributed by atoms with van der Waals surface area (Å²) in [4.78, 5) is 15.8. The number of nitrogens with zero attached hydrogens (tertiary/aromatic N) is 3. The van der Waals surface area contributed by atoms with Crippen molar-refractivity contribution in [2.75, 3.05) is 20.2 Å². The zero-order valence-corrected chi connectivity index (χ0v) is 17.6. The van der Waals surface area contributed by atoms with Gasteiger partial charge in [-0.2, -0.15) is 5.26 Å². The van der Waals surface area contributed by atoms with Crippen LogP contribution in [0.15, 0.2) is 65.5 Å². The van der Waals surface area contributed by atoms with Crippen LogP contribution in [-0.2, 0) is 13.1 Å². The summed E-state index contributed by atoms with van der Waals surface area (Å²) in [6.07, 6.45) is 1.14. The Bertz CT molecular complexity index is 1210. The Labute approximate surface area is 182 Å². The maximum Gasteiger partial charge on any atom is 0.258 e. The van der Waals surface area contributed by atoms with Crippen molar-refractivity contribution in [3.8, 4) is 22.9 Å². The number of rotatable bonds is 4. The first-order valence-electron chi connectivity index (χ1n) is 10.7. The van der Waals surface area contributed by atoms with Crippen LogP contribution in [-0.4, -0.2) is 29.7 Å². The third kappa shape index (κ3) is 3.75. The quantitative estimate of drug-likeness (QED) is 0.651. The number of hydrogen-bond acceptors (Lipinski definition) is 4. The van der Waals surface area contributed by atoms with E-state index in [0.29, 0.717) is 23.0 Å². The predicted octanol–water partition coefficient (Wildman–Crippen LogP) is 4.01. The first kappa shape index (κ1) is 19.6. The average Bonchev–Trinajstić information content (AvgIpc) is 2.80. The summed E-state index contributed by atoms with van der Waals surface area (Å²) in [7, 11) is 1.69. The lowest BCUT2D eigenvalue weighted by molar-refractivity contribution is 0.114. The van der Waals surface area contributed by atoms with Gasteiger partial charge in [-0.05, 0) is 59.9 Å². The van der Waals surface area contributed by atoms with E-state index in [4.69, 9.17) is 4.74 Å². The first-order chi connectivity index (χ1) is 15.1. The second-order valence-electron chi connectivity index (χ2n) is 8.62. The monoisotopic (exact) mass is 411 g/mol. The highest BCUT2D eigenvalue weighted by Crippen LogP contribution is 2.36. The Balaban J connectivity index is 1.40. The number of aromatic nitrogens is 1. The molecule has 0 aliphatic carbocycles. The van der Waals surface area contributed by atoms with E-state index in [1.165, 1.54) is 5.56 Å². The smallest absolute Gasteiger partial charge is 0.258 e. The Morgan fingerprint density at radius 3 is 2.68 bits per heavy atom.